The fourth-order valence-electron chi connectivity index (χ4n) is 7.00. The Hall–Kier alpha value is -0.410. The molecule has 0 aromatic carbocycles. The standard InChI is InChI=1S/C19H30O3/c1-18-7-5-12(20)9-11(18)3-4-13-14(18)6-8-19(2)15(13)10-16(21)17(19)22/h11-15,17,20,22H,3-10H2,1-2H3/t11-,12-,13+,14-,15?,17-,18-,19-/m0/s1. The molecule has 3 heteroatoms. The van der Waals surface area contributed by atoms with E-state index in [1.807, 2.05) is 0 Å². The van der Waals surface area contributed by atoms with Crippen LogP contribution in [-0.2, 0) is 4.79 Å². The van der Waals surface area contributed by atoms with E-state index >= 15 is 0 Å². The van der Waals surface area contributed by atoms with Crippen molar-refractivity contribution in [3.05, 3.63) is 0 Å². The highest BCUT2D eigenvalue weighted by Crippen LogP contribution is 2.65. The zero-order valence-corrected chi connectivity index (χ0v) is 13.9. The van der Waals surface area contributed by atoms with Gasteiger partial charge < -0.3 is 10.2 Å². The number of rotatable bonds is 0. The Bertz CT molecular complexity index is 489. The molecule has 0 aromatic heterocycles. The molecule has 4 aliphatic carbocycles. The molecule has 0 saturated heterocycles. The van der Waals surface area contributed by atoms with Crippen LogP contribution < -0.4 is 0 Å². The van der Waals surface area contributed by atoms with Crippen LogP contribution in [0.2, 0.25) is 0 Å². The van der Waals surface area contributed by atoms with Crippen LogP contribution >= 0.6 is 0 Å². The van der Waals surface area contributed by atoms with Gasteiger partial charge in [0, 0.05) is 11.8 Å². The summed E-state index contributed by atoms with van der Waals surface area (Å²) >= 11 is 0. The van der Waals surface area contributed by atoms with Gasteiger partial charge in [-0.05, 0) is 74.0 Å². The van der Waals surface area contributed by atoms with Gasteiger partial charge in [0.2, 0.25) is 0 Å². The number of ketones is 1. The Morgan fingerprint density at radius 1 is 0.955 bits per heavy atom. The molecule has 2 N–H and O–H groups in total. The second-order valence-electron chi connectivity index (χ2n) is 9.20. The molecule has 4 aliphatic rings. The number of hydrogen-bond donors (Lipinski definition) is 2. The number of aliphatic hydroxyl groups is 2. The molecular formula is C19H30O3. The molecule has 124 valence electrons. The smallest absolute Gasteiger partial charge is 0.162 e. The molecule has 0 heterocycles. The van der Waals surface area contributed by atoms with E-state index in [9.17, 15) is 15.0 Å². The molecule has 0 radical (unpaired) electrons. The summed E-state index contributed by atoms with van der Waals surface area (Å²) in [5, 5.41) is 20.4. The number of Topliss-reactive ketones (excluding diaryl/α,β-unsaturated/α-hetero) is 1. The van der Waals surface area contributed by atoms with Crippen LogP contribution in [0, 0.1) is 34.5 Å². The van der Waals surface area contributed by atoms with E-state index in [0.29, 0.717) is 35.5 Å². The van der Waals surface area contributed by atoms with Gasteiger partial charge in [-0.15, -0.1) is 0 Å². The lowest BCUT2D eigenvalue weighted by Crippen LogP contribution is -2.54. The molecule has 8 atom stereocenters. The highest BCUT2D eigenvalue weighted by atomic mass is 16.3. The number of fused-ring (bicyclic) bond motifs is 5. The highest BCUT2D eigenvalue weighted by Gasteiger charge is 2.62. The molecule has 22 heavy (non-hydrogen) atoms. The van der Waals surface area contributed by atoms with Crippen LogP contribution in [0.15, 0.2) is 0 Å². The maximum atomic E-state index is 12.1. The summed E-state index contributed by atoms with van der Waals surface area (Å²) in [6.07, 6.45) is 7.38. The number of carbonyl (C=O) groups is 1. The lowest BCUT2D eigenvalue weighted by atomic mass is 9.45. The fraction of sp³-hybridized carbons (Fsp3) is 0.947. The predicted molar refractivity (Wildman–Crippen MR) is 84.1 cm³/mol. The molecular weight excluding hydrogens is 276 g/mol. The quantitative estimate of drug-likeness (QED) is 0.723. The molecule has 0 aliphatic heterocycles. The first-order valence-electron chi connectivity index (χ1n) is 9.25. The van der Waals surface area contributed by atoms with Crippen LogP contribution in [0.25, 0.3) is 0 Å². The van der Waals surface area contributed by atoms with Gasteiger partial charge in [0.15, 0.2) is 5.78 Å². The zero-order valence-electron chi connectivity index (χ0n) is 13.9. The summed E-state index contributed by atoms with van der Waals surface area (Å²) in [6, 6.07) is 0. The molecule has 0 amide bonds. The van der Waals surface area contributed by atoms with E-state index in [-0.39, 0.29) is 17.3 Å². The van der Waals surface area contributed by atoms with Gasteiger partial charge >= 0.3 is 0 Å². The minimum atomic E-state index is -0.725. The van der Waals surface area contributed by atoms with E-state index in [1.165, 1.54) is 12.8 Å². The van der Waals surface area contributed by atoms with Gasteiger partial charge in [-0.25, -0.2) is 0 Å². The molecule has 0 aromatic rings. The average molecular weight is 306 g/mol. The molecule has 4 fully saturated rings. The lowest BCUT2D eigenvalue weighted by Gasteiger charge is -2.60. The van der Waals surface area contributed by atoms with Crippen LogP contribution in [0.4, 0.5) is 0 Å². The monoisotopic (exact) mass is 306 g/mol. The summed E-state index contributed by atoms with van der Waals surface area (Å²) in [7, 11) is 0. The topological polar surface area (TPSA) is 57.5 Å². The Balaban J connectivity index is 1.64. The molecule has 3 nitrogen and oxygen atoms in total. The summed E-state index contributed by atoms with van der Waals surface area (Å²) in [5.74, 6) is 2.42. The Labute approximate surface area is 133 Å². The van der Waals surface area contributed by atoms with Crippen LogP contribution in [0.3, 0.4) is 0 Å². The van der Waals surface area contributed by atoms with E-state index in [4.69, 9.17) is 0 Å². The van der Waals surface area contributed by atoms with E-state index in [0.717, 1.165) is 32.1 Å². The maximum absolute atomic E-state index is 12.1. The van der Waals surface area contributed by atoms with Crippen molar-refractivity contribution in [3.8, 4) is 0 Å². The SMILES string of the molecule is C[C@]12CC[C@H](O)C[C@@H]1CC[C@H]1C3CC(=O)[C@H](O)[C@@]3(C)CC[C@@H]12. The van der Waals surface area contributed by atoms with Crippen molar-refractivity contribution in [3.63, 3.8) is 0 Å². The molecule has 0 spiro atoms. The van der Waals surface area contributed by atoms with Crippen LogP contribution in [0.5, 0.6) is 0 Å². The molecule has 0 bridgehead atoms. The van der Waals surface area contributed by atoms with Gasteiger partial charge in [0.1, 0.15) is 6.10 Å². The van der Waals surface area contributed by atoms with Gasteiger partial charge in [0.05, 0.1) is 6.10 Å². The Morgan fingerprint density at radius 3 is 2.45 bits per heavy atom. The molecule has 4 rings (SSSR count). The molecule has 1 unspecified atom stereocenters. The van der Waals surface area contributed by atoms with Gasteiger partial charge in [-0.3, -0.25) is 4.79 Å². The van der Waals surface area contributed by atoms with E-state index in [1.54, 1.807) is 0 Å². The first kappa shape index (κ1) is 15.1. The van der Waals surface area contributed by atoms with Gasteiger partial charge in [-0.2, -0.15) is 0 Å². The number of hydrogen-bond acceptors (Lipinski definition) is 3. The third kappa shape index (κ3) is 1.84. The third-order valence-corrected chi connectivity index (χ3v) is 8.43. The minimum absolute atomic E-state index is 0.0829. The van der Waals surface area contributed by atoms with Crippen molar-refractivity contribution in [2.75, 3.05) is 0 Å². The van der Waals surface area contributed by atoms with E-state index in [2.05, 4.69) is 13.8 Å². The molecule has 4 saturated carbocycles. The normalized spacial score (nSPS) is 57.9. The van der Waals surface area contributed by atoms with Crippen molar-refractivity contribution in [1.29, 1.82) is 0 Å². The highest BCUT2D eigenvalue weighted by molar-refractivity contribution is 5.86. The van der Waals surface area contributed by atoms with Crippen LogP contribution in [0.1, 0.15) is 65.2 Å². The van der Waals surface area contributed by atoms with Crippen molar-refractivity contribution >= 4 is 5.78 Å². The largest absolute Gasteiger partial charge is 0.393 e. The van der Waals surface area contributed by atoms with E-state index < -0.39 is 6.10 Å². The number of carbonyl (C=O) groups excluding carboxylic acids is 1. The number of aliphatic hydroxyl groups excluding tert-OH is 2. The Kier molecular flexibility index (Phi) is 3.30. The second-order valence-corrected chi connectivity index (χ2v) is 9.20. The first-order valence-corrected chi connectivity index (χ1v) is 9.25. The summed E-state index contributed by atoms with van der Waals surface area (Å²) in [5.41, 5.74) is 0.176. The van der Waals surface area contributed by atoms with Gasteiger partial charge in [-0.1, -0.05) is 13.8 Å². The Morgan fingerprint density at radius 2 is 1.68 bits per heavy atom. The second kappa shape index (κ2) is 4.80. The summed E-state index contributed by atoms with van der Waals surface area (Å²) in [6.45, 7) is 4.61. The lowest BCUT2D eigenvalue weighted by molar-refractivity contribution is -0.138. The third-order valence-electron chi connectivity index (χ3n) is 8.43. The van der Waals surface area contributed by atoms with Crippen molar-refractivity contribution < 1.29 is 15.0 Å². The summed E-state index contributed by atoms with van der Waals surface area (Å²) in [4.78, 5) is 12.1. The average Bonchev–Trinajstić information content (AvgIpc) is 2.72. The fourth-order valence-corrected chi connectivity index (χ4v) is 7.00. The minimum Gasteiger partial charge on any atom is -0.393 e. The first-order chi connectivity index (χ1) is 10.4. The van der Waals surface area contributed by atoms with Crippen molar-refractivity contribution in [2.45, 2.75) is 77.4 Å². The van der Waals surface area contributed by atoms with Crippen molar-refractivity contribution in [2.24, 2.45) is 34.5 Å². The van der Waals surface area contributed by atoms with Gasteiger partial charge in [0.25, 0.3) is 0 Å². The van der Waals surface area contributed by atoms with Crippen LogP contribution in [-0.4, -0.2) is 28.2 Å². The zero-order chi connectivity index (χ0) is 15.7. The maximum Gasteiger partial charge on any atom is 0.162 e. The summed E-state index contributed by atoms with van der Waals surface area (Å²) < 4.78 is 0. The van der Waals surface area contributed by atoms with Crippen molar-refractivity contribution in [1.82, 2.24) is 0 Å². The predicted octanol–water partition coefficient (Wildman–Crippen LogP) is 2.93.